The normalized spacial score (nSPS) is 14.9. The number of fused-ring (bicyclic) bond motifs is 1. The first-order chi connectivity index (χ1) is 12.0. The molecule has 0 saturated heterocycles. The molecule has 132 valence electrons. The van der Waals surface area contributed by atoms with Crippen LogP contribution in [0.2, 0.25) is 0 Å². The molecule has 2 heterocycles. The standard InChI is InChI=1S/C17H18F2N4O2/c18-12-1-2-15(19)11(5-12)6-13(20)7-17(25)23-4-3-22-8-14(10-24)21-16(22)9-23/h1-2,5,8,10,13H,3-4,6-7,9,20H2/t13-/m1/s1. The van der Waals surface area contributed by atoms with Crippen LogP contribution < -0.4 is 5.73 Å². The van der Waals surface area contributed by atoms with Crippen LogP contribution in [0.4, 0.5) is 8.78 Å². The molecule has 0 bridgehead atoms. The Hall–Kier alpha value is -2.61. The lowest BCUT2D eigenvalue weighted by molar-refractivity contribution is -0.133. The van der Waals surface area contributed by atoms with Gasteiger partial charge in [-0.1, -0.05) is 0 Å². The van der Waals surface area contributed by atoms with Gasteiger partial charge < -0.3 is 15.2 Å². The van der Waals surface area contributed by atoms with Gasteiger partial charge in [0, 0.05) is 31.7 Å². The van der Waals surface area contributed by atoms with Crippen LogP contribution >= 0.6 is 0 Å². The fourth-order valence-corrected chi connectivity index (χ4v) is 2.95. The van der Waals surface area contributed by atoms with E-state index >= 15 is 0 Å². The predicted octanol–water partition coefficient (Wildman–Crippen LogP) is 1.28. The van der Waals surface area contributed by atoms with Gasteiger partial charge in [-0.3, -0.25) is 9.59 Å². The lowest BCUT2D eigenvalue weighted by Gasteiger charge is -2.28. The van der Waals surface area contributed by atoms with E-state index < -0.39 is 17.7 Å². The number of halogens is 2. The van der Waals surface area contributed by atoms with E-state index in [9.17, 15) is 18.4 Å². The van der Waals surface area contributed by atoms with E-state index in [1.165, 1.54) is 0 Å². The number of benzene rings is 1. The van der Waals surface area contributed by atoms with Crippen LogP contribution in [0, 0.1) is 11.6 Å². The third-order valence-corrected chi connectivity index (χ3v) is 4.22. The van der Waals surface area contributed by atoms with Gasteiger partial charge in [-0.15, -0.1) is 0 Å². The molecule has 2 N–H and O–H groups in total. The maximum Gasteiger partial charge on any atom is 0.224 e. The van der Waals surface area contributed by atoms with E-state index in [0.717, 1.165) is 18.2 Å². The number of carbonyl (C=O) groups is 2. The summed E-state index contributed by atoms with van der Waals surface area (Å²) in [5.41, 5.74) is 6.44. The molecule has 6 nitrogen and oxygen atoms in total. The molecule has 0 saturated carbocycles. The Morgan fingerprint density at radius 1 is 1.36 bits per heavy atom. The van der Waals surface area contributed by atoms with Crippen LogP contribution in [0.15, 0.2) is 24.4 Å². The van der Waals surface area contributed by atoms with Crippen molar-refractivity contribution < 1.29 is 18.4 Å². The molecule has 0 aliphatic carbocycles. The Labute approximate surface area is 143 Å². The third-order valence-electron chi connectivity index (χ3n) is 4.22. The second kappa shape index (κ2) is 7.10. The van der Waals surface area contributed by atoms with Gasteiger partial charge in [0.25, 0.3) is 0 Å². The Balaban J connectivity index is 1.60. The summed E-state index contributed by atoms with van der Waals surface area (Å²) in [6.07, 6.45) is 2.42. The summed E-state index contributed by atoms with van der Waals surface area (Å²) in [6.45, 7) is 1.34. The predicted molar refractivity (Wildman–Crippen MR) is 85.7 cm³/mol. The monoisotopic (exact) mass is 348 g/mol. The SMILES string of the molecule is N[C@@H](CC(=O)N1CCn2cc(C=O)nc2C1)Cc1cc(F)ccc1F. The number of nitrogens with two attached hydrogens (primary N) is 1. The van der Waals surface area contributed by atoms with Gasteiger partial charge in [-0.25, -0.2) is 13.8 Å². The number of imidazole rings is 1. The fraction of sp³-hybridized carbons (Fsp3) is 0.353. The minimum atomic E-state index is -0.615. The van der Waals surface area contributed by atoms with Crippen LogP contribution in [0.1, 0.15) is 28.3 Å². The van der Waals surface area contributed by atoms with Gasteiger partial charge in [-0.05, 0) is 30.2 Å². The number of rotatable bonds is 5. The lowest BCUT2D eigenvalue weighted by atomic mass is 10.0. The van der Waals surface area contributed by atoms with Crippen molar-refractivity contribution in [1.29, 1.82) is 0 Å². The molecule has 0 unspecified atom stereocenters. The summed E-state index contributed by atoms with van der Waals surface area (Å²) in [4.78, 5) is 28.9. The molecule has 0 radical (unpaired) electrons. The van der Waals surface area contributed by atoms with Gasteiger partial charge >= 0.3 is 0 Å². The van der Waals surface area contributed by atoms with Crippen molar-refractivity contribution in [2.24, 2.45) is 5.73 Å². The average molecular weight is 348 g/mol. The number of aromatic nitrogens is 2. The summed E-state index contributed by atoms with van der Waals surface area (Å²) in [5.74, 6) is -0.605. The zero-order valence-corrected chi connectivity index (χ0v) is 13.5. The summed E-state index contributed by atoms with van der Waals surface area (Å²) in [5, 5.41) is 0. The number of carbonyl (C=O) groups excluding carboxylic acids is 2. The van der Waals surface area contributed by atoms with E-state index in [1.54, 1.807) is 11.1 Å². The molecule has 25 heavy (non-hydrogen) atoms. The highest BCUT2D eigenvalue weighted by Gasteiger charge is 2.24. The van der Waals surface area contributed by atoms with Crippen LogP contribution in [0.25, 0.3) is 0 Å². The van der Waals surface area contributed by atoms with Crippen molar-refractivity contribution in [2.45, 2.75) is 32.0 Å². The maximum atomic E-state index is 13.7. The van der Waals surface area contributed by atoms with Crippen LogP contribution in [-0.2, 0) is 24.3 Å². The molecule has 2 aromatic rings. The fourth-order valence-electron chi connectivity index (χ4n) is 2.95. The zero-order valence-electron chi connectivity index (χ0n) is 13.5. The van der Waals surface area contributed by atoms with E-state index in [0.29, 0.717) is 37.4 Å². The Morgan fingerprint density at radius 2 is 2.16 bits per heavy atom. The quantitative estimate of drug-likeness (QED) is 0.826. The minimum absolute atomic E-state index is 0.0250. The lowest BCUT2D eigenvalue weighted by Crippen LogP contribution is -2.41. The van der Waals surface area contributed by atoms with Crippen molar-refractivity contribution in [3.8, 4) is 0 Å². The number of hydrogen-bond donors (Lipinski definition) is 1. The number of nitrogens with zero attached hydrogens (tertiary/aromatic N) is 3. The molecular weight excluding hydrogens is 330 g/mol. The van der Waals surface area contributed by atoms with E-state index in [1.807, 2.05) is 4.57 Å². The summed E-state index contributed by atoms with van der Waals surface area (Å²) < 4.78 is 28.7. The van der Waals surface area contributed by atoms with Gasteiger partial charge in [-0.2, -0.15) is 0 Å². The van der Waals surface area contributed by atoms with E-state index in [4.69, 9.17) is 5.73 Å². The molecular formula is C17H18F2N4O2. The molecule has 8 heteroatoms. The van der Waals surface area contributed by atoms with Gasteiger partial charge in [0.2, 0.25) is 5.91 Å². The molecule has 3 rings (SSSR count). The van der Waals surface area contributed by atoms with Crippen molar-refractivity contribution in [3.05, 3.63) is 53.1 Å². The van der Waals surface area contributed by atoms with Gasteiger partial charge in [0.1, 0.15) is 23.2 Å². The largest absolute Gasteiger partial charge is 0.333 e. The first-order valence-corrected chi connectivity index (χ1v) is 7.94. The Morgan fingerprint density at radius 3 is 2.92 bits per heavy atom. The second-order valence-corrected chi connectivity index (χ2v) is 6.11. The zero-order chi connectivity index (χ0) is 18.0. The molecule has 1 aromatic heterocycles. The van der Waals surface area contributed by atoms with Gasteiger partial charge in [0.05, 0.1) is 6.54 Å². The molecule has 1 atom stereocenters. The molecule has 0 fully saturated rings. The highest BCUT2D eigenvalue weighted by atomic mass is 19.1. The van der Waals surface area contributed by atoms with Crippen molar-refractivity contribution >= 4 is 12.2 Å². The van der Waals surface area contributed by atoms with E-state index in [-0.39, 0.29) is 24.3 Å². The molecule has 1 aromatic carbocycles. The average Bonchev–Trinajstić information content (AvgIpc) is 3.00. The first-order valence-electron chi connectivity index (χ1n) is 7.94. The number of amides is 1. The van der Waals surface area contributed by atoms with Crippen LogP contribution in [-0.4, -0.2) is 39.2 Å². The van der Waals surface area contributed by atoms with Gasteiger partial charge in [0.15, 0.2) is 6.29 Å². The molecule has 0 spiro atoms. The van der Waals surface area contributed by atoms with Crippen molar-refractivity contribution in [1.82, 2.24) is 14.5 Å². The Kier molecular flexibility index (Phi) is 4.89. The first kappa shape index (κ1) is 17.2. The maximum absolute atomic E-state index is 13.7. The second-order valence-electron chi connectivity index (χ2n) is 6.11. The van der Waals surface area contributed by atoms with Crippen molar-refractivity contribution in [3.63, 3.8) is 0 Å². The van der Waals surface area contributed by atoms with Crippen molar-refractivity contribution in [2.75, 3.05) is 6.54 Å². The highest BCUT2D eigenvalue weighted by molar-refractivity contribution is 5.77. The minimum Gasteiger partial charge on any atom is -0.333 e. The molecule has 1 aliphatic heterocycles. The summed E-state index contributed by atoms with van der Waals surface area (Å²) in [7, 11) is 0. The Bertz CT molecular complexity index is 806. The smallest absolute Gasteiger partial charge is 0.224 e. The summed E-state index contributed by atoms with van der Waals surface area (Å²) in [6, 6.07) is 2.57. The topological polar surface area (TPSA) is 81.2 Å². The number of hydrogen-bond acceptors (Lipinski definition) is 4. The summed E-state index contributed by atoms with van der Waals surface area (Å²) >= 11 is 0. The van der Waals surface area contributed by atoms with Crippen LogP contribution in [0.5, 0.6) is 0 Å². The van der Waals surface area contributed by atoms with Crippen LogP contribution in [0.3, 0.4) is 0 Å². The number of aldehydes is 1. The third kappa shape index (κ3) is 3.90. The highest BCUT2D eigenvalue weighted by Crippen LogP contribution is 2.16. The van der Waals surface area contributed by atoms with E-state index in [2.05, 4.69) is 4.98 Å². The molecule has 1 amide bonds. The molecule has 1 aliphatic rings.